The van der Waals surface area contributed by atoms with E-state index in [2.05, 4.69) is 20.7 Å². The minimum atomic E-state index is -0.481. The summed E-state index contributed by atoms with van der Waals surface area (Å²) in [6.45, 7) is 0. The van der Waals surface area contributed by atoms with E-state index < -0.39 is 11.7 Å². The number of carbonyl (C=O) groups is 2. The summed E-state index contributed by atoms with van der Waals surface area (Å²) in [5.41, 5.74) is 1.28. The Labute approximate surface area is 182 Å². The normalized spacial score (nSPS) is 13.0. The Balaban J connectivity index is 1.29. The van der Waals surface area contributed by atoms with E-state index >= 15 is 0 Å². The molecule has 1 aliphatic carbocycles. The van der Waals surface area contributed by atoms with Gasteiger partial charge in [0.05, 0.1) is 6.20 Å². The predicted molar refractivity (Wildman–Crippen MR) is 115 cm³/mol. The van der Waals surface area contributed by atoms with E-state index in [0.29, 0.717) is 28.8 Å². The molecule has 2 N–H and O–H groups in total. The van der Waals surface area contributed by atoms with Gasteiger partial charge in [0, 0.05) is 29.3 Å². The second-order valence-electron chi connectivity index (χ2n) is 7.46. The van der Waals surface area contributed by atoms with Gasteiger partial charge in [-0.15, -0.1) is 5.10 Å². The molecule has 0 saturated heterocycles. The Morgan fingerprint density at radius 2 is 1.88 bits per heavy atom. The molecule has 9 heteroatoms. The number of aromatic nitrogens is 3. The average molecular weight is 431 g/mol. The third-order valence-corrected chi connectivity index (χ3v) is 4.90. The highest BCUT2D eigenvalue weighted by Crippen LogP contribution is 2.30. The van der Waals surface area contributed by atoms with Crippen molar-refractivity contribution in [1.29, 1.82) is 0 Å². The topological polar surface area (TPSA) is 97.6 Å². The number of hydrogen-bond acceptors (Lipinski definition) is 5. The number of rotatable bonds is 6. The first-order valence-corrected chi connectivity index (χ1v) is 10.1. The number of fused-ring (bicyclic) bond motifs is 1. The summed E-state index contributed by atoms with van der Waals surface area (Å²) >= 11 is 0. The molecule has 2 aromatic carbocycles. The maximum absolute atomic E-state index is 13.4. The largest absolute Gasteiger partial charge is 0.438 e. The Morgan fingerprint density at radius 3 is 2.69 bits per heavy atom. The van der Waals surface area contributed by atoms with Crippen LogP contribution in [0.15, 0.2) is 66.9 Å². The second-order valence-corrected chi connectivity index (χ2v) is 7.46. The molecule has 1 fully saturated rings. The standard InChI is InChI=1S/C23H18FN5O3/c24-16-4-1-3-15(11-16)23(31)25-17-5-2-6-18(12-17)32-21-10-9-20-26-19(13-29(20)28-21)27-22(30)14-7-8-14/h1-6,9-14H,7-8H2,(H,25,31)(H,27,30). The molecule has 2 aromatic heterocycles. The van der Waals surface area contributed by atoms with Crippen LogP contribution < -0.4 is 15.4 Å². The lowest BCUT2D eigenvalue weighted by molar-refractivity contribution is -0.117. The highest BCUT2D eigenvalue weighted by molar-refractivity contribution is 6.04. The lowest BCUT2D eigenvalue weighted by atomic mass is 10.2. The molecule has 2 heterocycles. The van der Waals surface area contributed by atoms with Gasteiger partial charge in [-0.05, 0) is 49.2 Å². The number of amides is 2. The molecule has 32 heavy (non-hydrogen) atoms. The van der Waals surface area contributed by atoms with Crippen LogP contribution in [0, 0.1) is 11.7 Å². The molecule has 4 aromatic rings. The van der Waals surface area contributed by atoms with Crippen LogP contribution in [-0.2, 0) is 4.79 Å². The van der Waals surface area contributed by atoms with Gasteiger partial charge in [-0.25, -0.2) is 13.9 Å². The summed E-state index contributed by atoms with van der Waals surface area (Å²) in [4.78, 5) is 28.6. The minimum Gasteiger partial charge on any atom is -0.438 e. The van der Waals surface area contributed by atoms with Gasteiger partial charge in [0.1, 0.15) is 11.6 Å². The van der Waals surface area contributed by atoms with Gasteiger partial charge < -0.3 is 15.4 Å². The first-order valence-electron chi connectivity index (χ1n) is 10.1. The first kappa shape index (κ1) is 19.7. The molecular weight excluding hydrogens is 413 g/mol. The van der Waals surface area contributed by atoms with Crippen LogP contribution in [0.4, 0.5) is 15.9 Å². The molecule has 0 spiro atoms. The van der Waals surface area contributed by atoms with Gasteiger partial charge in [0.25, 0.3) is 5.91 Å². The fourth-order valence-corrected chi connectivity index (χ4v) is 3.14. The second kappa shape index (κ2) is 8.10. The molecule has 0 bridgehead atoms. The molecule has 0 aliphatic heterocycles. The zero-order chi connectivity index (χ0) is 22.1. The van der Waals surface area contributed by atoms with Gasteiger partial charge >= 0.3 is 0 Å². The number of hydrogen-bond donors (Lipinski definition) is 2. The van der Waals surface area contributed by atoms with Crippen LogP contribution >= 0.6 is 0 Å². The van der Waals surface area contributed by atoms with Crippen molar-refractivity contribution in [3.63, 3.8) is 0 Å². The van der Waals surface area contributed by atoms with E-state index in [1.54, 1.807) is 42.6 Å². The van der Waals surface area contributed by atoms with Crippen molar-refractivity contribution in [3.05, 3.63) is 78.2 Å². The lowest BCUT2D eigenvalue weighted by Gasteiger charge is -2.09. The van der Waals surface area contributed by atoms with E-state index in [1.165, 1.54) is 28.8 Å². The highest BCUT2D eigenvalue weighted by Gasteiger charge is 2.30. The average Bonchev–Trinajstić information content (AvgIpc) is 3.55. The van der Waals surface area contributed by atoms with Gasteiger partial charge in [0.2, 0.25) is 11.8 Å². The van der Waals surface area contributed by atoms with E-state index in [4.69, 9.17) is 4.74 Å². The van der Waals surface area contributed by atoms with Gasteiger partial charge in [-0.2, -0.15) is 0 Å². The molecule has 2 amide bonds. The smallest absolute Gasteiger partial charge is 0.255 e. The maximum atomic E-state index is 13.4. The fourth-order valence-electron chi connectivity index (χ4n) is 3.14. The SMILES string of the molecule is O=C(Nc1cccc(Oc2ccc3nc(NC(=O)C4CC4)cn3n2)c1)c1cccc(F)c1. The zero-order valence-corrected chi connectivity index (χ0v) is 16.8. The summed E-state index contributed by atoms with van der Waals surface area (Å²) in [6.07, 6.45) is 3.45. The number of imidazole rings is 1. The number of halogens is 1. The Kier molecular flexibility index (Phi) is 4.98. The van der Waals surface area contributed by atoms with Crippen molar-refractivity contribution in [3.8, 4) is 11.6 Å². The van der Waals surface area contributed by atoms with Crippen molar-refractivity contribution < 1.29 is 18.7 Å². The number of benzene rings is 2. The van der Waals surface area contributed by atoms with Crippen LogP contribution in [-0.4, -0.2) is 26.4 Å². The first-order chi connectivity index (χ1) is 15.5. The predicted octanol–water partition coefficient (Wildman–Crippen LogP) is 4.26. The maximum Gasteiger partial charge on any atom is 0.255 e. The number of carbonyl (C=O) groups excluding carboxylic acids is 2. The highest BCUT2D eigenvalue weighted by atomic mass is 19.1. The summed E-state index contributed by atoms with van der Waals surface area (Å²) < 4.78 is 20.7. The number of nitrogens with one attached hydrogen (secondary N) is 2. The molecule has 5 rings (SSSR count). The number of anilines is 2. The van der Waals surface area contributed by atoms with Crippen molar-refractivity contribution in [1.82, 2.24) is 14.6 Å². The number of ether oxygens (including phenoxy) is 1. The Hall–Kier alpha value is -4.27. The molecule has 1 aliphatic rings. The summed E-state index contributed by atoms with van der Waals surface area (Å²) in [7, 11) is 0. The van der Waals surface area contributed by atoms with Crippen LogP contribution in [0.2, 0.25) is 0 Å². The molecule has 8 nitrogen and oxygen atoms in total. The zero-order valence-electron chi connectivity index (χ0n) is 16.8. The van der Waals surface area contributed by atoms with Gasteiger partial charge in [0.15, 0.2) is 11.5 Å². The van der Waals surface area contributed by atoms with Crippen molar-refractivity contribution in [2.24, 2.45) is 5.92 Å². The molecule has 0 unspecified atom stereocenters. The van der Waals surface area contributed by atoms with Crippen LogP contribution in [0.25, 0.3) is 5.65 Å². The van der Waals surface area contributed by atoms with Crippen molar-refractivity contribution in [2.45, 2.75) is 12.8 Å². The van der Waals surface area contributed by atoms with Gasteiger partial charge in [-0.1, -0.05) is 12.1 Å². The summed E-state index contributed by atoms with van der Waals surface area (Å²) in [5, 5.41) is 9.86. The monoisotopic (exact) mass is 431 g/mol. The third-order valence-electron chi connectivity index (χ3n) is 4.90. The fraction of sp³-hybridized carbons (Fsp3) is 0.130. The molecule has 160 valence electrons. The summed E-state index contributed by atoms with van der Waals surface area (Å²) in [6, 6.07) is 15.6. The summed E-state index contributed by atoms with van der Waals surface area (Å²) in [5.74, 6) is 0.349. The van der Waals surface area contributed by atoms with E-state index in [0.717, 1.165) is 12.8 Å². The molecule has 0 radical (unpaired) electrons. The Bertz CT molecular complexity index is 1330. The van der Waals surface area contributed by atoms with Crippen LogP contribution in [0.1, 0.15) is 23.2 Å². The van der Waals surface area contributed by atoms with Crippen LogP contribution in [0.3, 0.4) is 0 Å². The van der Waals surface area contributed by atoms with E-state index in [-0.39, 0.29) is 17.4 Å². The van der Waals surface area contributed by atoms with Crippen LogP contribution in [0.5, 0.6) is 11.6 Å². The quantitative estimate of drug-likeness (QED) is 0.475. The number of nitrogens with zero attached hydrogens (tertiary/aromatic N) is 3. The van der Waals surface area contributed by atoms with E-state index in [1.807, 2.05) is 0 Å². The lowest BCUT2D eigenvalue weighted by Crippen LogP contribution is -2.13. The molecular formula is C23H18FN5O3. The Morgan fingerprint density at radius 1 is 1.03 bits per heavy atom. The third kappa shape index (κ3) is 4.41. The van der Waals surface area contributed by atoms with Crippen molar-refractivity contribution >= 4 is 29.0 Å². The molecule has 1 saturated carbocycles. The van der Waals surface area contributed by atoms with E-state index in [9.17, 15) is 14.0 Å². The minimum absolute atomic E-state index is 0.0259. The van der Waals surface area contributed by atoms with Crippen molar-refractivity contribution in [2.75, 3.05) is 10.6 Å². The molecule has 0 atom stereocenters. The van der Waals surface area contributed by atoms with Gasteiger partial charge in [-0.3, -0.25) is 9.59 Å².